The van der Waals surface area contributed by atoms with E-state index in [1.54, 1.807) is 0 Å². The fraction of sp³-hybridized carbons (Fsp3) is 0.526. The highest BCUT2D eigenvalue weighted by molar-refractivity contribution is 6.08. The van der Waals surface area contributed by atoms with Crippen LogP contribution in [0.3, 0.4) is 0 Å². The van der Waals surface area contributed by atoms with Crippen LogP contribution in [-0.4, -0.2) is 69.2 Å². The maximum atomic E-state index is 10.5. The maximum absolute atomic E-state index is 10.5. The average molecular weight is 341 g/mol. The lowest BCUT2D eigenvalue weighted by molar-refractivity contribution is -0.107. The first-order valence-corrected chi connectivity index (χ1v) is 9.02. The van der Waals surface area contributed by atoms with Crippen LogP contribution in [0.15, 0.2) is 34.3 Å². The van der Waals surface area contributed by atoms with Gasteiger partial charge in [0, 0.05) is 56.3 Å². The molecule has 1 aromatic carbocycles. The second kappa shape index (κ2) is 8.25. The van der Waals surface area contributed by atoms with E-state index in [0.29, 0.717) is 13.0 Å². The third kappa shape index (κ3) is 4.45. The Hall–Kier alpha value is -2.21. The van der Waals surface area contributed by atoms with Crippen LogP contribution >= 0.6 is 0 Å². The van der Waals surface area contributed by atoms with Crippen molar-refractivity contribution in [1.82, 2.24) is 10.2 Å². The number of nitrogens with one attached hydrogen (secondary N) is 1. The van der Waals surface area contributed by atoms with Crippen molar-refractivity contribution in [2.45, 2.75) is 13.3 Å². The van der Waals surface area contributed by atoms with E-state index in [4.69, 9.17) is 0 Å². The van der Waals surface area contributed by atoms with Crippen LogP contribution in [0.1, 0.15) is 18.9 Å². The molecule has 2 aliphatic heterocycles. The molecule has 1 aromatic rings. The van der Waals surface area contributed by atoms with Crippen molar-refractivity contribution >= 4 is 23.6 Å². The molecule has 6 heteroatoms. The molecular formula is C19H27N5O. The highest BCUT2D eigenvalue weighted by Gasteiger charge is 2.18. The molecule has 2 aliphatic rings. The number of hydrogen-bond acceptors (Lipinski definition) is 6. The number of carbonyl (C=O) groups is 1. The zero-order chi connectivity index (χ0) is 17.6. The van der Waals surface area contributed by atoms with Gasteiger partial charge in [-0.3, -0.25) is 4.99 Å². The van der Waals surface area contributed by atoms with E-state index in [9.17, 15) is 4.79 Å². The Morgan fingerprint density at radius 1 is 1.20 bits per heavy atom. The van der Waals surface area contributed by atoms with E-state index >= 15 is 0 Å². The first-order valence-electron chi connectivity index (χ1n) is 9.02. The Balaban J connectivity index is 1.68. The maximum Gasteiger partial charge on any atom is 0.156 e. The molecule has 6 nitrogen and oxygen atoms in total. The van der Waals surface area contributed by atoms with Crippen LogP contribution in [-0.2, 0) is 4.79 Å². The lowest BCUT2D eigenvalue weighted by atomic mass is 10.1. The Morgan fingerprint density at radius 3 is 2.60 bits per heavy atom. The van der Waals surface area contributed by atoms with E-state index < -0.39 is 0 Å². The molecular weight excluding hydrogens is 314 g/mol. The third-order valence-corrected chi connectivity index (χ3v) is 4.77. The summed E-state index contributed by atoms with van der Waals surface area (Å²) >= 11 is 0. The highest BCUT2D eigenvalue weighted by atomic mass is 16.1. The summed E-state index contributed by atoms with van der Waals surface area (Å²) in [5, 5.41) is 3.26. The van der Waals surface area contributed by atoms with Crippen molar-refractivity contribution in [2.24, 2.45) is 15.9 Å². The molecule has 1 saturated heterocycles. The minimum Gasteiger partial charge on any atom is -0.373 e. The molecule has 0 amide bonds. The predicted molar refractivity (Wildman–Crippen MR) is 103 cm³/mol. The van der Waals surface area contributed by atoms with E-state index in [2.05, 4.69) is 63.3 Å². The molecule has 25 heavy (non-hydrogen) atoms. The zero-order valence-electron chi connectivity index (χ0n) is 15.1. The third-order valence-electron chi connectivity index (χ3n) is 4.77. The van der Waals surface area contributed by atoms with Gasteiger partial charge in [-0.25, -0.2) is 4.99 Å². The Bertz CT molecular complexity index is 644. The smallest absolute Gasteiger partial charge is 0.156 e. The van der Waals surface area contributed by atoms with Gasteiger partial charge in [-0.1, -0.05) is 6.92 Å². The van der Waals surface area contributed by atoms with Gasteiger partial charge in [0.25, 0.3) is 0 Å². The van der Waals surface area contributed by atoms with Crippen molar-refractivity contribution in [2.75, 3.05) is 51.2 Å². The minimum absolute atomic E-state index is 0.264. The van der Waals surface area contributed by atoms with Crippen molar-refractivity contribution in [3.63, 3.8) is 0 Å². The molecule has 1 unspecified atom stereocenters. The number of amidine groups is 2. The van der Waals surface area contributed by atoms with Gasteiger partial charge in [0.15, 0.2) is 5.84 Å². The topological polar surface area (TPSA) is 60.3 Å². The zero-order valence-corrected chi connectivity index (χ0v) is 15.1. The number of aliphatic imine (C=N–C) groups is 2. The van der Waals surface area contributed by atoms with Crippen molar-refractivity contribution in [3.05, 3.63) is 29.8 Å². The van der Waals surface area contributed by atoms with E-state index in [0.717, 1.165) is 56.2 Å². The van der Waals surface area contributed by atoms with Crippen molar-refractivity contribution in [1.29, 1.82) is 0 Å². The summed E-state index contributed by atoms with van der Waals surface area (Å²) < 4.78 is 0. The van der Waals surface area contributed by atoms with Crippen LogP contribution in [0.4, 0.5) is 5.69 Å². The fourth-order valence-corrected chi connectivity index (χ4v) is 3.08. The van der Waals surface area contributed by atoms with E-state index in [1.165, 1.54) is 5.69 Å². The molecule has 0 saturated carbocycles. The molecule has 3 rings (SSSR count). The monoisotopic (exact) mass is 341 g/mol. The lowest BCUT2D eigenvalue weighted by Gasteiger charge is -2.34. The van der Waals surface area contributed by atoms with Gasteiger partial charge in [-0.05, 0) is 31.3 Å². The second-order valence-corrected chi connectivity index (χ2v) is 6.78. The van der Waals surface area contributed by atoms with Crippen LogP contribution < -0.4 is 10.2 Å². The number of benzene rings is 1. The second-order valence-electron chi connectivity index (χ2n) is 6.78. The van der Waals surface area contributed by atoms with Crippen LogP contribution in [0.2, 0.25) is 0 Å². The predicted octanol–water partition coefficient (Wildman–Crippen LogP) is 1.41. The molecule has 2 heterocycles. The lowest BCUT2D eigenvalue weighted by Crippen LogP contribution is -2.44. The highest BCUT2D eigenvalue weighted by Crippen LogP contribution is 2.19. The molecule has 1 fully saturated rings. The van der Waals surface area contributed by atoms with Crippen LogP contribution in [0.5, 0.6) is 0 Å². The summed E-state index contributed by atoms with van der Waals surface area (Å²) in [6.07, 6.45) is 1.42. The molecule has 0 spiro atoms. The number of likely N-dealkylation sites (N-methyl/N-ethyl adjacent to an activating group) is 1. The molecule has 1 N–H and O–H groups in total. The molecule has 134 valence electrons. The van der Waals surface area contributed by atoms with Gasteiger partial charge < -0.3 is 19.9 Å². The minimum atomic E-state index is 0.264. The normalized spacial score (nSPS) is 21.5. The number of piperazine rings is 1. The summed E-state index contributed by atoms with van der Waals surface area (Å²) in [6, 6.07) is 8.54. The Morgan fingerprint density at radius 2 is 1.92 bits per heavy atom. The average Bonchev–Trinajstić information content (AvgIpc) is 2.64. The molecule has 0 aliphatic carbocycles. The summed E-state index contributed by atoms with van der Waals surface area (Å²) in [5.41, 5.74) is 2.30. The van der Waals surface area contributed by atoms with E-state index in [1.807, 2.05) is 0 Å². The molecule has 0 bridgehead atoms. The Kier molecular flexibility index (Phi) is 5.81. The van der Waals surface area contributed by atoms with Gasteiger partial charge in [0.1, 0.15) is 12.1 Å². The summed E-state index contributed by atoms with van der Waals surface area (Å²) in [7, 11) is 2.17. The number of nitrogens with zero attached hydrogens (tertiary/aromatic N) is 4. The summed E-state index contributed by atoms with van der Waals surface area (Å²) in [6.45, 7) is 7.79. The number of carbonyl (C=O) groups excluding carboxylic acids is 1. The molecule has 1 atom stereocenters. The van der Waals surface area contributed by atoms with Crippen LogP contribution in [0.25, 0.3) is 0 Å². The summed E-state index contributed by atoms with van der Waals surface area (Å²) in [5.74, 6) is 1.96. The first-order chi connectivity index (χ1) is 12.2. The Labute approximate surface area is 149 Å². The van der Waals surface area contributed by atoms with E-state index in [-0.39, 0.29) is 5.92 Å². The molecule has 0 aromatic heterocycles. The van der Waals surface area contributed by atoms with Crippen molar-refractivity contribution < 1.29 is 4.79 Å². The van der Waals surface area contributed by atoms with Crippen molar-refractivity contribution in [3.8, 4) is 0 Å². The fourth-order valence-electron chi connectivity index (χ4n) is 3.08. The number of hydrogen-bond donors (Lipinski definition) is 1. The number of rotatable bonds is 5. The quantitative estimate of drug-likeness (QED) is 0.650. The first kappa shape index (κ1) is 17.6. The number of anilines is 1. The number of aldehydes is 1. The van der Waals surface area contributed by atoms with Crippen LogP contribution in [0, 0.1) is 5.92 Å². The standard InChI is InChI=1S/C19H27N5O/c1-15-14-21-19(22-18(15)20-8-3-13-25)16-4-6-17(7-5-16)24-11-9-23(2)10-12-24/h4-7,13,15H,3,8-12,14H2,1-2H3,(H,20,21,22). The largest absolute Gasteiger partial charge is 0.373 e. The summed E-state index contributed by atoms with van der Waals surface area (Å²) in [4.78, 5) is 24.5. The van der Waals surface area contributed by atoms with Gasteiger partial charge in [0.05, 0.1) is 6.54 Å². The van der Waals surface area contributed by atoms with Gasteiger partial charge in [-0.15, -0.1) is 0 Å². The van der Waals surface area contributed by atoms with Gasteiger partial charge in [-0.2, -0.15) is 0 Å². The van der Waals surface area contributed by atoms with Gasteiger partial charge in [0.2, 0.25) is 0 Å². The molecule has 0 radical (unpaired) electrons. The SMILES string of the molecule is CC1CN=C(c2ccc(N3CCN(C)CC3)cc2)N=C1NCCC=O. The van der Waals surface area contributed by atoms with Gasteiger partial charge >= 0.3 is 0 Å².